The van der Waals surface area contributed by atoms with Crippen LogP contribution in [0.3, 0.4) is 0 Å². The highest BCUT2D eigenvalue weighted by Gasteiger charge is 2.39. The summed E-state index contributed by atoms with van der Waals surface area (Å²) in [4.78, 5) is 27.9. The first-order chi connectivity index (χ1) is 14.3. The van der Waals surface area contributed by atoms with Crippen molar-refractivity contribution in [2.45, 2.75) is 12.2 Å². The first-order valence-electron chi connectivity index (χ1n) is 8.85. The monoisotopic (exact) mass is 494 g/mol. The Morgan fingerprint density at radius 2 is 1.90 bits per heavy atom. The lowest BCUT2D eigenvalue weighted by Gasteiger charge is -2.30. The third-order valence-corrected chi connectivity index (χ3v) is 6.16. The van der Waals surface area contributed by atoms with Gasteiger partial charge in [-0.2, -0.15) is 13.2 Å². The lowest BCUT2D eigenvalue weighted by molar-refractivity contribution is -0.138. The largest absolute Gasteiger partial charge is 0.417 e. The van der Waals surface area contributed by atoms with Crippen LogP contribution in [0.15, 0.2) is 64.5 Å². The minimum absolute atomic E-state index is 0.375. The molecule has 4 nitrogen and oxygen atoms in total. The average Bonchev–Trinajstić information content (AvgIpc) is 3.18. The number of fused-ring (bicyclic) bond motifs is 1. The summed E-state index contributed by atoms with van der Waals surface area (Å²) in [5, 5.41) is 4.57. The number of amides is 2. The molecule has 0 radical (unpaired) electrons. The van der Waals surface area contributed by atoms with Gasteiger partial charge < -0.3 is 10.2 Å². The Balaban J connectivity index is 1.90. The van der Waals surface area contributed by atoms with E-state index >= 15 is 0 Å². The van der Waals surface area contributed by atoms with Crippen molar-refractivity contribution in [2.75, 3.05) is 11.9 Å². The summed E-state index contributed by atoms with van der Waals surface area (Å²) in [5.41, 5.74) is -0.381. The predicted molar refractivity (Wildman–Crippen MR) is 111 cm³/mol. The van der Waals surface area contributed by atoms with Crippen molar-refractivity contribution in [1.82, 2.24) is 4.90 Å². The standard InChI is InChI=1S/C21H14BrF3N2O2S/c22-12-7-8-16-14(10-12)19(17-6-3-9-30-17)27(11-18(28)26-16)20(29)13-4-1-2-5-15(13)21(23,24)25/h1-10,19H,11H2,(H,26,28). The number of anilines is 1. The summed E-state index contributed by atoms with van der Waals surface area (Å²) in [6.45, 7) is -0.375. The molecule has 30 heavy (non-hydrogen) atoms. The second-order valence-electron chi connectivity index (χ2n) is 6.67. The molecule has 1 atom stereocenters. The van der Waals surface area contributed by atoms with Crippen molar-refractivity contribution < 1.29 is 22.8 Å². The molecule has 0 aliphatic carbocycles. The number of alkyl halides is 3. The molecule has 2 heterocycles. The van der Waals surface area contributed by atoms with Gasteiger partial charge in [-0.3, -0.25) is 9.59 Å². The lowest BCUT2D eigenvalue weighted by Crippen LogP contribution is -2.39. The Bertz CT molecular complexity index is 1120. The van der Waals surface area contributed by atoms with Crippen LogP contribution in [0, 0.1) is 0 Å². The zero-order valence-corrected chi connectivity index (χ0v) is 17.6. The van der Waals surface area contributed by atoms with E-state index in [9.17, 15) is 22.8 Å². The van der Waals surface area contributed by atoms with Gasteiger partial charge in [0.25, 0.3) is 5.91 Å². The molecule has 0 bridgehead atoms. The molecule has 0 saturated carbocycles. The van der Waals surface area contributed by atoms with Crippen LogP contribution in [0.4, 0.5) is 18.9 Å². The van der Waals surface area contributed by atoms with E-state index in [1.807, 2.05) is 5.38 Å². The number of hydrogen-bond acceptors (Lipinski definition) is 3. The maximum absolute atomic E-state index is 13.5. The van der Waals surface area contributed by atoms with E-state index in [4.69, 9.17) is 0 Å². The quantitative estimate of drug-likeness (QED) is 0.495. The van der Waals surface area contributed by atoms with E-state index in [0.717, 1.165) is 21.5 Å². The molecule has 1 N–H and O–H groups in total. The van der Waals surface area contributed by atoms with E-state index in [1.165, 1.54) is 28.4 Å². The molecule has 1 aromatic heterocycles. The first-order valence-corrected chi connectivity index (χ1v) is 10.5. The van der Waals surface area contributed by atoms with Gasteiger partial charge in [0.05, 0.1) is 17.2 Å². The molecule has 1 aliphatic heterocycles. The smallest absolute Gasteiger partial charge is 0.324 e. The van der Waals surface area contributed by atoms with Crippen LogP contribution < -0.4 is 5.32 Å². The fourth-order valence-corrected chi connectivity index (χ4v) is 4.72. The van der Waals surface area contributed by atoms with Crippen LogP contribution >= 0.6 is 27.3 Å². The van der Waals surface area contributed by atoms with Gasteiger partial charge in [0.2, 0.25) is 5.91 Å². The molecule has 154 valence electrons. The predicted octanol–water partition coefficient (Wildman–Crippen LogP) is 5.71. The van der Waals surface area contributed by atoms with Crippen molar-refractivity contribution in [3.8, 4) is 0 Å². The molecule has 2 aromatic carbocycles. The topological polar surface area (TPSA) is 49.4 Å². The first kappa shape index (κ1) is 20.6. The highest BCUT2D eigenvalue weighted by molar-refractivity contribution is 9.10. The highest BCUT2D eigenvalue weighted by Crippen LogP contribution is 2.41. The van der Waals surface area contributed by atoms with Crippen LogP contribution in [-0.4, -0.2) is 23.3 Å². The molecule has 1 unspecified atom stereocenters. The van der Waals surface area contributed by atoms with Gasteiger partial charge in [-0.05, 0) is 41.8 Å². The van der Waals surface area contributed by atoms with Gasteiger partial charge >= 0.3 is 6.18 Å². The molecule has 0 spiro atoms. The van der Waals surface area contributed by atoms with Gasteiger partial charge in [-0.15, -0.1) is 11.3 Å². The van der Waals surface area contributed by atoms with E-state index in [0.29, 0.717) is 11.3 Å². The molecule has 0 fully saturated rings. The highest BCUT2D eigenvalue weighted by atomic mass is 79.9. The normalized spacial score (nSPS) is 16.6. The number of thiophene rings is 1. The third-order valence-electron chi connectivity index (χ3n) is 4.74. The van der Waals surface area contributed by atoms with Crippen LogP contribution in [0.25, 0.3) is 0 Å². The van der Waals surface area contributed by atoms with Gasteiger partial charge in [0.1, 0.15) is 6.54 Å². The van der Waals surface area contributed by atoms with Crippen molar-refractivity contribution in [3.63, 3.8) is 0 Å². The second kappa shape index (κ2) is 7.88. The SMILES string of the molecule is O=C1CN(C(=O)c2ccccc2C(F)(F)F)C(c2cccs2)c2cc(Br)ccc2N1. The molecule has 1 aliphatic rings. The molecule has 4 rings (SSSR count). The molecule has 3 aromatic rings. The molecular weight excluding hydrogens is 481 g/mol. The van der Waals surface area contributed by atoms with E-state index in [-0.39, 0.29) is 6.54 Å². The number of carbonyl (C=O) groups is 2. The zero-order chi connectivity index (χ0) is 21.5. The summed E-state index contributed by atoms with van der Waals surface area (Å²) in [6, 6.07) is 12.7. The van der Waals surface area contributed by atoms with Gasteiger partial charge in [-0.25, -0.2) is 0 Å². The van der Waals surface area contributed by atoms with Gasteiger partial charge in [0, 0.05) is 20.6 Å². The van der Waals surface area contributed by atoms with Crippen LogP contribution in [0.5, 0.6) is 0 Å². The second-order valence-corrected chi connectivity index (χ2v) is 8.57. The Hall–Kier alpha value is -2.65. The van der Waals surface area contributed by atoms with Gasteiger partial charge in [0.15, 0.2) is 0 Å². The number of nitrogens with zero attached hydrogens (tertiary/aromatic N) is 1. The Labute approximate surface area is 182 Å². The minimum atomic E-state index is -4.69. The number of carbonyl (C=O) groups excluding carboxylic acids is 2. The summed E-state index contributed by atoms with van der Waals surface area (Å²) < 4.78 is 41.3. The maximum Gasteiger partial charge on any atom is 0.417 e. The van der Waals surface area contributed by atoms with E-state index in [2.05, 4.69) is 21.2 Å². The minimum Gasteiger partial charge on any atom is -0.324 e. The molecule has 0 saturated heterocycles. The maximum atomic E-state index is 13.5. The Morgan fingerprint density at radius 3 is 2.60 bits per heavy atom. The van der Waals surface area contributed by atoms with Crippen LogP contribution in [-0.2, 0) is 11.0 Å². The Morgan fingerprint density at radius 1 is 1.13 bits per heavy atom. The van der Waals surface area contributed by atoms with E-state index < -0.39 is 35.2 Å². The number of benzene rings is 2. The van der Waals surface area contributed by atoms with Crippen molar-refractivity contribution in [3.05, 3.63) is 86.0 Å². The fourth-order valence-electron chi connectivity index (χ4n) is 3.49. The van der Waals surface area contributed by atoms with E-state index in [1.54, 1.807) is 30.3 Å². The summed E-state index contributed by atoms with van der Waals surface area (Å²) in [7, 11) is 0. The number of halogens is 4. The molecule has 2 amide bonds. The fraction of sp³-hybridized carbons (Fsp3) is 0.143. The van der Waals surface area contributed by atoms with Crippen molar-refractivity contribution in [2.24, 2.45) is 0 Å². The van der Waals surface area contributed by atoms with Crippen LogP contribution in [0.2, 0.25) is 0 Å². The zero-order valence-electron chi connectivity index (χ0n) is 15.2. The summed E-state index contributed by atoms with van der Waals surface area (Å²) in [6.07, 6.45) is -4.69. The number of rotatable bonds is 2. The Kier molecular flexibility index (Phi) is 5.42. The molecule has 9 heteroatoms. The lowest BCUT2D eigenvalue weighted by atomic mass is 9.99. The van der Waals surface area contributed by atoms with Crippen molar-refractivity contribution in [1.29, 1.82) is 0 Å². The van der Waals surface area contributed by atoms with Gasteiger partial charge in [-0.1, -0.05) is 34.1 Å². The number of nitrogens with one attached hydrogen (secondary N) is 1. The summed E-state index contributed by atoms with van der Waals surface area (Å²) >= 11 is 4.76. The third kappa shape index (κ3) is 3.87. The average molecular weight is 495 g/mol. The number of hydrogen-bond donors (Lipinski definition) is 1. The summed E-state index contributed by atoms with van der Waals surface area (Å²) in [5.74, 6) is -1.33. The van der Waals surface area contributed by atoms with Crippen LogP contribution in [0.1, 0.15) is 32.4 Å². The van der Waals surface area contributed by atoms with Crippen molar-refractivity contribution >= 4 is 44.8 Å². The molecular formula is C21H14BrF3N2O2S.